The number of rotatable bonds is 6. The summed E-state index contributed by atoms with van der Waals surface area (Å²) in [6.07, 6.45) is 8.11. The van der Waals surface area contributed by atoms with Crippen LogP contribution in [0.5, 0.6) is 0 Å². The normalized spacial score (nSPS) is 20.7. The van der Waals surface area contributed by atoms with Crippen molar-refractivity contribution in [3.63, 3.8) is 0 Å². The minimum Gasteiger partial charge on any atom is -0.393 e. The van der Waals surface area contributed by atoms with Crippen LogP contribution in [0.2, 0.25) is 0 Å². The van der Waals surface area contributed by atoms with Gasteiger partial charge < -0.3 is 5.11 Å². The third-order valence-corrected chi connectivity index (χ3v) is 4.24. The molecule has 1 saturated carbocycles. The quantitative estimate of drug-likeness (QED) is 0.712. The van der Waals surface area contributed by atoms with Gasteiger partial charge in [0.1, 0.15) is 9.84 Å². The molecule has 1 atom stereocenters. The van der Waals surface area contributed by atoms with Gasteiger partial charge in [-0.3, -0.25) is 0 Å². The zero-order chi connectivity index (χ0) is 11.3. The van der Waals surface area contributed by atoms with E-state index in [1.807, 2.05) is 0 Å². The summed E-state index contributed by atoms with van der Waals surface area (Å²) in [6, 6.07) is 0. The predicted molar refractivity (Wildman–Crippen MR) is 61.5 cm³/mol. The van der Waals surface area contributed by atoms with Gasteiger partial charge in [-0.05, 0) is 38.0 Å². The number of aliphatic hydroxyl groups is 1. The van der Waals surface area contributed by atoms with Crippen LogP contribution in [0.15, 0.2) is 0 Å². The van der Waals surface area contributed by atoms with Crippen LogP contribution in [-0.4, -0.2) is 31.6 Å². The fourth-order valence-corrected chi connectivity index (χ4v) is 3.02. The average Bonchev–Trinajstić information content (AvgIpc) is 2.63. The molecule has 0 aliphatic heterocycles. The molecule has 4 heteroatoms. The topological polar surface area (TPSA) is 54.4 Å². The zero-order valence-corrected chi connectivity index (χ0v) is 10.3. The fraction of sp³-hybridized carbons (Fsp3) is 1.00. The Balaban J connectivity index is 2.09. The molecule has 0 spiro atoms. The average molecular weight is 234 g/mol. The van der Waals surface area contributed by atoms with Gasteiger partial charge in [0, 0.05) is 12.0 Å². The van der Waals surface area contributed by atoms with Crippen LogP contribution in [0.1, 0.15) is 44.9 Å². The van der Waals surface area contributed by atoms with Crippen LogP contribution in [0.4, 0.5) is 0 Å². The summed E-state index contributed by atoms with van der Waals surface area (Å²) in [7, 11) is -2.82. The van der Waals surface area contributed by atoms with Gasteiger partial charge in [0.2, 0.25) is 0 Å². The first-order valence-electron chi connectivity index (χ1n) is 5.85. The Morgan fingerprint density at radius 2 is 1.87 bits per heavy atom. The molecule has 0 aromatic rings. The summed E-state index contributed by atoms with van der Waals surface area (Å²) in [5.74, 6) is 0.730. The highest BCUT2D eigenvalue weighted by molar-refractivity contribution is 7.90. The molecule has 0 heterocycles. The summed E-state index contributed by atoms with van der Waals surface area (Å²) in [5, 5.41) is 9.83. The molecule has 0 aromatic carbocycles. The van der Waals surface area contributed by atoms with Crippen LogP contribution < -0.4 is 0 Å². The maximum Gasteiger partial charge on any atom is 0.147 e. The van der Waals surface area contributed by atoms with Crippen molar-refractivity contribution in [3.8, 4) is 0 Å². The highest BCUT2D eigenvalue weighted by atomic mass is 32.2. The Hall–Kier alpha value is -0.0900. The highest BCUT2D eigenvalue weighted by Crippen LogP contribution is 2.29. The molecule has 1 N–H and O–H groups in total. The molecule has 1 rings (SSSR count). The van der Waals surface area contributed by atoms with Crippen LogP contribution >= 0.6 is 0 Å². The second-order valence-corrected chi connectivity index (χ2v) is 7.00. The number of aliphatic hydroxyl groups excluding tert-OH is 1. The van der Waals surface area contributed by atoms with Gasteiger partial charge in [-0.25, -0.2) is 8.42 Å². The van der Waals surface area contributed by atoms with E-state index in [1.54, 1.807) is 0 Å². The van der Waals surface area contributed by atoms with E-state index in [0.717, 1.165) is 25.7 Å². The maximum atomic E-state index is 10.9. The second kappa shape index (κ2) is 5.85. The third-order valence-electron chi connectivity index (χ3n) is 3.21. The summed E-state index contributed by atoms with van der Waals surface area (Å²) in [6.45, 7) is 0. The molecule has 0 amide bonds. The molecule has 3 nitrogen and oxygen atoms in total. The van der Waals surface area contributed by atoms with Crippen molar-refractivity contribution in [2.45, 2.75) is 51.0 Å². The molecule has 0 bridgehead atoms. The lowest BCUT2D eigenvalue weighted by Crippen LogP contribution is -2.17. The molecule has 1 unspecified atom stereocenters. The van der Waals surface area contributed by atoms with Gasteiger partial charge in [-0.2, -0.15) is 0 Å². The molecule has 0 radical (unpaired) electrons. The van der Waals surface area contributed by atoms with Crippen LogP contribution in [0.3, 0.4) is 0 Å². The van der Waals surface area contributed by atoms with Gasteiger partial charge in [0.05, 0.1) is 6.10 Å². The molecule has 1 aliphatic rings. The monoisotopic (exact) mass is 234 g/mol. The van der Waals surface area contributed by atoms with E-state index in [2.05, 4.69) is 0 Å². The zero-order valence-electron chi connectivity index (χ0n) is 9.48. The Kier molecular flexibility index (Phi) is 5.06. The van der Waals surface area contributed by atoms with E-state index in [1.165, 1.54) is 19.1 Å². The minimum absolute atomic E-state index is 0.202. The van der Waals surface area contributed by atoms with Gasteiger partial charge in [0.15, 0.2) is 0 Å². The molecular weight excluding hydrogens is 212 g/mol. The van der Waals surface area contributed by atoms with Crippen LogP contribution in [-0.2, 0) is 9.84 Å². The number of unbranched alkanes of at least 4 members (excludes halogenated alkanes) is 1. The van der Waals surface area contributed by atoms with Crippen molar-refractivity contribution in [2.75, 3.05) is 12.0 Å². The Labute approximate surface area is 92.8 Å². The lowest BCUT2D eigenvalue weighted by Gasteiger charge is -2.16. The summed E-state index contributed by atoms with van der Waals surface area (Å²) in [4.78, 5) is 0. The number of hydrogen-bond acceptors (Lipinski definition) is 3. The number of hydrogen-bond donors (Lipinski definition) is 1. The van der Waals surface area contributed by atoms with E-state index < -0.39 is 9.84 Å². The van der Waals surface area contributed by atoms with Gasteiger partial charge in [-0.15, -0.1) is 0 Å². The molecule has 90 valence electrons. The largest absolute Gasteiger partial charge is 0.393 e. The SMILES string of the molecule is CS(=O)(=O)CCCCC(O)C1CCCC1. The maximum absolute atomic E-state index is 10.9. The first kappa shape index (κ1) is 13.0. The van der Waals surface area contributed by atoms with Crippen LogP contribution in [0.25, 0.3) is 0 Å². The Bertz CT molecular complexity index is 266. The van der Waals surface area contributed by atoms with Crippen molar-refractivity contribution in [1.29, 1.82) is 0 Å². The fourth-order valence-electron chi connectivity index (χ4n) is 2.30. The van der Waals surface area contributed by atoms with E-state index in [4.69, 9.17) is 0 Å². The summed E-state index contributed by atoms with van der Waals surface area (Å²) < 4.78 is 21.7. The lowest BCUT2D eigenvalue weighted by molar-refractivity contribution is 0.0995. The van der Waals surface area contributed by atoms with Crippen molar-refractivity contribution >= 4 is 9.84 Å². The number of sulfone groups is 1. The van der Waals surface area contributed by atoms with Crippen molar-refractivity contribution in [1.82, 2.24) is 0 Å². The van der Waals surface area contributed by atoms with E-state index >= 15 is 0 Å². The smallest absolute Gasteiger partial charge is 0.147 e. The molecule has 1 fully saturated rings. The van der Waals surface area contributed by atoms with Gasteiger partial charge in [-0.1, -0.05) is 12.8 Å². The highest BCUT2D eigenvalue weighted by Gasteiger charge is 2.22. The Morgan fingerprint density at radius 3 is 2.40 bits per heavy atom. The lowest BCUT2D eigenvalue weighted by atomic mass is 9.96. The summed E-state index contributed by atoms with van der Waals surface area (Å²) in [5.41, 5.74) is 0. The molecule has 0 aromatic heterocycles. The third kappa shape index (κ3) is 5.52. The molecule has 0 saturated heterocycles. The Morgan fingerprint density at radius 1 is 1.27 bits per heavy atom. The van der Waals surface area contributed by atoms with Gasteiger partial charge in [0.25, 0.3) is 0 Å². The molecule has 15 heavy (non-hydrogen) atoms. The summed E-state index contributed by atoms with van der Waals surface area (Å²) >= 11 is 0. The van der Waals surface area contributed by atoms with E-state index in [0.29, 0.717) is 12.3 Å². The molecule has 1 aliphatic carbocycles. The minimum atomic E-state index is -2.82. The second-order valence-electron chi connectivity index (χ2n) is 4.74. The van der Waals surface area contributed by atoms with Crippen molar-refractivity contribution in [3.05, 3.63) is 0 Å². The predicted octanol–water partition coefficient (Wildman–Crippen LogP) is 1.75. The first-order chi connectivity index (χ1) is 6.99. The van der Waals surface area contributed by atoms with Crippen LogP contribution in [0, 0.1) is 5.92 Å². The molecular formula is C11H22O3S. The van der Waals surface area contributed by atoms with Gasteiger partial charge >= 0.3 is 0 Å². The van der Waals surface area contributed by atoms with E-state index in [-0.39, 0.29) is 11.9 Å². The first-order valence-corrected chi connectivity index (χ1v) is 7.91. The van der Waals surface area contributed by atoms with Crippen molar-refractivity contribution < 1.29 is 13.5 Å². The van der Waals surface area contributed by atoms with Crippen molar-refractivity contribution in [2.24, 2.45) is 5.92 Å². The standard InChI is InChI=1S/C11H22O3S/c1-15(13,14)9-5-4-8-11(12)10-6-2-3-7-10/h10-12H,2-9H2,1H3. The van der Waals surface area contributed by atoms with E-state index in [9.17, 15) is 13.5 Å².